The molecule has 4 rings (SSSR count). The summed E-state index contributed by atoms with van der Waals surface area (Å²) in [5, 5.41) is 6.44. The average Bonchev–Trinajstić information content (AvgIpc) is 3.55. The summed E-state index contributed by atoms with van der Waals surface area (Å²) in [6.07, 6.45) is 5.94. The minimum absolute atomic E-state index is 0. The molecule has 6 nitrogen and oxygen atoms in total. The van der Waals surface area contributed by atoms with Gasteiger partial charge in [-0.25, -0.2) is 4.99 Å². The van der Waals surface area contributed by atoms with Gasteiger partial charge in [-0.2, -0.15) is 0 Å². The fourth-order valence-electron chi connectivity index (χ4n) is 4.79. The Bertz CT molecular complexity index is 709. The maximum atomic E-state index is 12.1. The quantitative estimate of drug-likeness (QED) is 0.341. The predicted octanol–water partition coefficient (Wildman–Crippen LogP) is 2.84. The molecule has 0 aromatic heterocycles. The van der Waals surface area contributed by atoms with E-state index in [0.717, 1.165) is 51.4 Å². The summed E-state index contributed by atoms with van der Waals surface area (Å²) in [6, 6.07) is 11.9. The first-order valence-corrected chi connectivity index (χ1v) is 11.3. The number of carbonyl (C=O) groups excluding carboxylic acids is 1. The highest BCUT2D eigenvalue weighted by molar-refractivity contribution is 14.0. The number of aliphatic imine (C=N–C) groups is 1. The zero-order valence-electron chi connectivity index (χ0n) is 18.1. The molecule has 2 saturated heterocycles. The number of benzene rings is 1. The van der Waals surface area contributed by atoms with Crippen LogP contribution in [-0.2, 0) is 11.3 Å². The van der Waals surface area contributed by atoms with Crippen LogP contribution in [0.2, 0.25) is 0 Å². The number of piperidine rings is 2. The Morgan fingerprint density at radius 3 is 2.67 bits per heavy atom. The van der Waals surface area contributed by atoms with Gasteiger partial charge in [-0.3, -0.25) is 9.69 Å². The molecule has 2 heterocycles. The van der Waals surface area contributed by atoms with E-state index in [-0.39, 0.29) is 36.4 Å². The highest BCUT2D eigenvalue weighted by atomic mass is 127. The van der Waals surface area contributed by atoms with E-state index >= 15 is 0 Å². The number of nitrogens with zero attached hydrogens (tertiary/aromatic N) is 3. The number of nitrogens with one attached hydrogen (secondary N) is 2. The highest BCUT2D eigenvalue weighted by Gasteiger charge is 2.36. The Morgan fingerprint density at radius 2 is 1.93 bits per heavy atom. The van der Waals surface area contributed by atoms with E-state index in [4.69, 9.17) is 0 Å². The lowest BCUT2D eigenvalue weighted by Gasteiger charge is -2.48. The molecule has 166 valence electrons. The van der Waals surface area contributed by atoms with Gasteiger partial charge in [0, 0.05) is 38.3 Å². The van der Waals surface area contributed by atoms with Crippen LogP contribution in [0.4, 0.5) is 0 Å². The molecule has 3 aliphatic rings. The summed E-state index contributed by atoms with van der Waals surface area (Å²) in [5.74, 6) is 1.62. The smallest absolute Gasteiger partial charge is 0.242 e. The van der Waals surface area contributed by atoms with Crippen molar-refractivity contribution in [1.29, 1.82) is 0 Å². The van der Waals surface area contributed by atoms with Gasteiger partial charge in [-0.1, -0.05) is 30.3 Å². The van der Waals surface area contributed by atoms with Gasteiger partial charge in [0.2, 0.25) is 5.91 Å². The molecular formula is C23H36IN5O. The molecule has 1 amide bonds. The summed E-state index contributed by atoms with van der Waals surface area (Å²) >= 11 is 0. The third-order valence-corrected chi connectivity index (χ3v) is 6.36. The van der Waals surface area contributed by atoms with E-state index in [1.807, 2.05) is 0 Å². The van der Waals surface area contributed by atoms with Gasteiger partial charge in [0.1, 0.15) is 6.54 Å². The highest BCUT2D eigenvalue weighted by Crippen LogP contribution is 2.31. The standard InChI is InChI=1S/C23H35N5O.HI/c1-2-24-23(25-15-22(29)26-20-10-11-20)28-14-12-21-19(17-28)9-6-13-27(21)16-18-7-4-3-5-8-18;/h3-5,7-8,19-21H,2,6,9-17H2,1H3,(H,24,25)(H,26,29);1H. The predicted molar refractivity (Wildman–Crippen MR) is 132 cm³/mol. The molecule has 3 fully saturated rings. The molecule has 2 unspecified atom stereocenters. The largest absolute Gasteiger partial charge is 0.357 e. The molecule has 1 aromatic carbocycles. The molecule has 0 radical (unpaired) electrons. The number of halogens is 1. The second-order valence-corrected chi connectivity index (χ2v) is 8.67. The Balaban J connectivity index is 0.00000256. The molecule has 7 heteroatoms. The van der Waals surface area contributed by atoms with Crippen LogP contribution in [0.25, 0.3) is 0 Å². The van der Waals surface area contributed by atoms with Crippen LogP contribution in [0.3, 0.4) is 0 Å². The molecule has 1 saturated carbocycles. The van der Waals surface area contributed by atoms with Gasteiger partial charge in [-0.15, -0.1) is 24.0 Å². The third kappa shape index (κ3) is 6.33. The van der Waals surface area contributed by atoms with Crippen molar-refractivity contribution in [2.24, 2.45) is 10.9 Å². The lowest BCUT2D eigenvalue weighted by atomic mass is 9.83. The van der Waals surface area contributed by atoms with Crippen molar-refractivity contribution < 1.29 is 4.79 Å². The van der Waals surface area contributed by atoms with Crippen LogP contribution in [0.15, 0.2) is 35.3 Å². The maximum Gasteiger partial charge on any atom is 0.242 e. The van der Waals surface area contributed by atoms with Crippen molar-refractivity contribution in [2.75, 3.05) is 32.7 Å². The van der Waals surface area contributed by atoms with Crippen molar-refractivity contribution in [3.8, 4) is 0 Å². The van der Waals surface area contributed by atoms with Crippen LogP contribution in [0.1, 0.15) is 44.6 Å². The van der Waals surface area contributed by atoms with Crippen molar-refractivity contribution >= 4 is 35.8 Å². The van der Waals surface area contributed by atoms with Crippen molar-refractivity contribution in [3.63, 3.8) is 0 Å². The number of likely N-dealkylation sites (tertiary alicyclic amines) is 2. The van der Waals surface area contributed by atoms with E-state index in [9.17, 15) is 4.79 Å². The van der Waals surface area contributed by atoms with E-state index in [1.165, 1.54) is 24.9 Å². The average molecular weight is 525 g/mol. The van der Waals surface area contributed by atoms with Gasteiger partial charge >= 0.3 is 0 Å². The molecular weight excluding hydrogens is 489 g/mol. The first kappa shape index (κ1) is 23.3. The van der Waals surface area contributed by atoms with Crippen LogP contribution in [0, 0.1) is 5.92 Å². The molecule has 2 N–H and O–H groups in total. The molecule has 2 aliphatic heterocycles. The fourth-order valence-corrected chi connectivity index (χ4v) is 4.79. The van der Waals surface area contributed by atoms with Crippen molar-refractivity contribution in [2.45, 2.75) is 57.7 Å². The second kappa shape index (κ2) is 11.3. The van der Waals surface area contributed by atoms with Gasteiger partial charge in [0.05, 0.1) is 0 Å². The Kier molecular flexibility index (Phi) is 8.80. The zero-order valence-corrected chi connectivity index (χ0v) is 20.4. The third-order valence-electron chi connectivity index (χ3n) is 6.36. The van der Waals surface area contributed by atoms with E-state index in [0.29, 0.717) is 18.0 Å². The lowest BCUT2D eigenvalue weighted by molar-refractivity contribution is -0.119. The van der Waals surface area contributed by atoms with Gasteiger partial charge in [0.15, 0.2) is 5.96 Å². The maximum absolute atomic E-state index is 12.1. The van der Waals surface area contributed by atoms with Gasteiger partial charge < -0.3 is 15.5 Å². The molecule has 1 aromatic rings. The fraction of sp³-hybridized carbons (Fsp3) is 0.652. The number of guanidine groups is 1. The minimum Gasteiger partial charge on any atom is -0.357 e. The molecule has 1 aliphatic carbocycles. The Hall–Kier alpha value is -1.35. The van der Waals surface area contributed by atoms with Crippen molar-refractivity contribution in [3.05, 3.63) is 35.9 Å². The summed E-state index contributed by atoms with van der Waals surface area (Å²) in [5.41, 5.74) is 1.41. The lowest BCUT2D eigenvalue weighted by Crippen LogP contribution is -2.56. The van der Waals surface area contributed by atoms with E-state index in [1.54, 1.807) is 0 Å². The first-order valence-electron chi connectivity index (χ1n) is 11.3. The number of fused-ring (bicyclic) bond motifs is 1. The topological polar surface area (TPSA) is 60.0 Å². The molecule has 30 heavy (non-hydrogen) atoms. The number of amides is 1. The van der Waals surface area contributed by atoms with E-state index in [2.05, 4.69) is 62.7 Å². The van der Waals surface area contributed by atoms with Crippen LogP contribution in [0.5, 0.6) is 0 Å². The zero-order chi connectivity index (χ0) is 20.1. The molecule has 2 atom stereocenters. The minimum atomic E-state index is 0. The number of hydrogen-bond acceptors (Lipinski definition) is 3. The number of carbonyl (C=O) groups is 1. The summed E-state index contributed by atoms with van der Waals surface area (Å²) < 4.78 is 0. The Labute approximate surface area is 197 Å². The normalized spacial score (nSPS) is 24.6. The monoisotopic (exact) mass is 525 g/mol. The van der Waals surface area contributed by atoms with Crippen LogP contribution in [-0.4, -0.2) is 66.5 Å². The Morgan fingerprint density at radius 1 is 1.13 bits per heavy atom. The summed E-state index contributed by atoms with van der Waals surface area (Å²) in [6.45, 7) is 7.43. The summed E-state index contributed by atoms with van der Waals surface area (Å²) in [7, 11) is 0. The molecule has 0 spiro atoms. The van der Waals surface area contributed by atoms with E-state index < -0.39 is 0 Å². The van der Waals surface area contributed by atoms with Gasteiger partial charge in [0.25, 0.3) is 0 Å². The van der Waals surface area contributed by atoms with Crippen LogP contribution >= 0.6 is 24.0 Å². The van der Waals surface area contributed by atoms with Crippen molar-refractivity contribution in [1.82, 2.24) is 20.4 Å². The second-order valence-electron chi connectivity index (χ2n) is 8.67. The van der Waals surface area contributed by atoms with Crippen LogP contribution < -0.4 is 10.6 Å². The van der Waals surface area contributed by atoms with Gasteiger partial charge in [-0.05, 0) is 57.1 Å². The SMILES string of the molecule is CCNC(=NCC(=O)NC1CC1)N1CCC2C(CCCN2Cc2ccccc2)C1.I. The number of rotatable bonds is 6. The number of hydrogen-bond donors (Lipinski definition) is 2. The summed E-state index contributed by atoms with van der Waals surface area (Å²) in [4.78, 5) is 21.8. The molecule has 0 bridgehead atoms. The first-order chi connectivity index (χ1) is 14.2.